The molecule has 0 aliphatic heterocycles. The van der Waals surface area contributed by atoms with Crippen molar-refractivity contribution in [3.63, 3.8) is 0 Å². The molecule has 16 heavy (non-hydrogen) atoms. The van der Waals surface area contributed by atoms with E-state index in [1.54, 1.807) is 14.1 Å². The first kappa shape index (κ1) is 10.5. The Morgan fingerprint density at radius 2 is 2.00 bits per heavy atom. The Labute approximate surface area is 90.3 Å². The molecule has 2 rings (SSSR count). The maximum atomic E-state index is 11.6. The molecule has 0 atom stereocenters. The molecule has 0 aliphatic carbocycles. The number of nitrogens with one attached hydrogen (secondary N) is 1. The van der Waals surface area contributed by atoms with Crippen molar-refractivity contribution in [2.24, 2.45) is 14.1 Å². The SMILES string of the molecule is CCOc1nc2c(c(=O)[nH]c(=O)n2C)n1C. The topological polar surface area (TPSA) is 81.9 Å². The summed E-state index contributed by atoms with van der Waals surface area (Å²) in [5.41, 5.74) is -0.303. The highest BCUT2D eigenvalue weighted by molar-refractivity contribution is 5.71. The molecular formula is C9H12N4O3. The number of aromatic nitrogens is 4. The second-order valence-electron chi connectivity index (χ2n) is 3.38. The Kier molecular flexibility index (Phi) is 2.30. The largest absolute Gasteiger partial charge is 0.465 e. The predicted octanol–water partition coefficient (Wildman–Crippen LogP) is -0.641. The lowest BCUT2D eigenvalue weighted by atomic mass is 10.5. The minimum absolute atomic E-state index is 0.319. The number of aromatic amines is 1. The molecule has 0 spiro atoms. The zero-order valence-electron chi connectivity index (χ0n) is 9.27. The van der Waals surface area contributed by atoms with Crippen LogP contribution in [0.2, 0.25) is 0 Å². The number of aryl methyl sites for hydroxylation is 2. The molecule has 86 valence electrons. The second kappa shape index (κ2) is 3.51. The van der Waals surface area contributed by atoms with Crippen molar-refractivity contribution in [2.45, 2.75) is 6.92 Å². The summed E-state index contributed by atoms with van der Waals surface area (Å²) in [6.45, 7) is 2.27. The van der Waals surface area contributed by atoms with Crippen molar-refractivity contribution in [1.82, 2.24) is 19.1 Å². The summed E-state index contributed by atoms with van der Waals surface area (Å²) in [5.74, 6) is 0. The van der Waals surface area contributed by atoms with Crippen LogP contribution < -0.4 is 16.0 Å². The van der Waals surface area contributed by atoms with Gasteiger partial charge in [-0.2, -0.15) is 4.98 Å². The van der Waals surface area contributed by atoms with Crippen LogP contribution in [-0.2, 0) is 14.1 Å². The first-order chi connectivity index (χ1) is 7.56. The van der Waals surface area contributed by atoms with E-state index in [0.29, 0.717) is 23.8 Å². The number of hydrogen-bond donors (Lipinski definition) is 1. The summed E-state index contributed by atoms with van der Waals surface area (Å²) in [5, 5.41) is 0. The molecule has 7 heteroatoms. The van der Waals surface area contributed by atoms with Gasteiger partial charge < -0.3 is 4.74 Å². The van der Waals surface area contributed by atoms with Gasteiger partial charge in [-0.05, 0) is 6.92 Å². The van der Waals surface area contributed by atoms with Gasteiger partial charge in [0.2, 0.25) is 0 Å². The monoisotopic (exact) mass is 224 g/mol. The number of rotatable bonds is 2. The Morgan fingerprint density at radius 1 is 1.31 bits per heavy atom. The van der Waals surface area contributed by atoms with Gasteiger partial charge in [0.05, 0.1) is 6.61 Å². The summed E-state index contributed by atoms with van der Waals surface area (Å²) < 4.78 is 8.06. The van der Waals surface area contributed by atoms with Crippen molar-refractivity contribution < 1.29 is 4.74 Å². The normalized spacial score (nSPS) is 10.9. The molecule has 7 nitrogen and oxygen atoms in total. The first-order valence-electron chi connectivity index (χ1n) is 4.84. The molecule has 0 amide bonds. The van der Waals surface area contributed by atoms with Gasteiger partial charge in [-0.3, -0.25) is 18.9 Å². The lowest BCUT2D eigenvalue weighted by Crippen LogP contribution is -2.29. The van der Waals surface area contributed by atoms with Crippen molar-refractivity contribution in [1.29, 1.82) is 0 Å². The molecule has 0 aliphatic rings. The highest BCUT2D eigenvalue weighted by Gasteiger charge is 2.14. The highest BCUT2D eigenvalue weighted by atomic mass is 16.5. The third-order valence-electron chi connectivity index (χ3n) is 2.37. The van der Waals surface area contributed by atoms with Crippen LogP contribution in [0.15, 0.2) is 9.59 Å². The van der Waals surface area contributed by atoms with E-state index in [1.165, 1.54) is 9.13 Å². The highest BCUT2D eigenvalue weighted by Crippen LogP contribution is 2.14. The van der Waals surface area contributed by atoms with Crippen molar-refractivity contribution in [2.75, 3.05) is 6.61 Å². The molecule has 1 N–H and O–H groups in total. The Hall–Kier alpha value is -2.05. The molecule has 2 heterocycles. The molecule has 0 radical (unpaired) electrons. The maximum absolute atomic E-state index is 11.6. The summed E-state index contributed by atoms with van der Waals surface area (Å²) >= 11 is 0. The van der Waals surface area contributed by atoms with E-state index in [9.17, 15) is 9.59 Å². The van der Waals surface area contributed by atoms with Gasteiger partial charge in [0.25, 0.3) is 11.6 Å². The van der Waals surface area contributed by atoms with Crippen LogP contribution in [0.5, 0.6) is 6.01 Å². The Balaban J connectivity index is 2.91. The smallest absolute Gasteiger partial charge is 0.329 e. The molecular weight excluding hydrogens is 212 g/mol. The Morgan fingerprint density at radius 3 is 2.62 bits per heavy atom. The molecule has 2 aromatic heterocycles. The van der Waals surface area contributed by atoms with E-state index in [1.807, 2.05) is 6.92 Å². The molecule has 0 bridgehead atoms. The van der Waals surface area contributed by atoms with E-state index in [0.717, 1.165) is 0 Å². The maximum Gasteiger partial charge on any atom is 0.329 e. The Bertz CT molecular complexity index is 649. The van der Waals surface area contributed by atoms with E-state index < -0.39 is 11.2 Å². The third-order valence-corrected chi connectivity index (χ3v) is 2.37. The average Bonchev–Trinajstić information content (AvgIpc) is 2.55. The lowest BCUT2D eigenvalue weighted by molar-refractivity contribution is 0.304. The van der Waals surface area contributed by atoms with Crippen molar-refractivity contribution in [3.05, 3.63) is 20.8 Å². The van der Waals surface area contributed by atoms with Crippen LogP contribution in [0.1, 0.15) is 6.92 Å². The fourth-order valence-electron chi connectivity index (χ4n) is 1.55. The summed E-state index contributed by atoms with van der Waals surface area (Å²) in [4.78, 5) is 29.3. The van der Waals surface area contributed by atoms with Crippen LogP contribution >= 0.6 is 0 Å². The fraction of sp³-hybridized carbons (Fsp3) is 0.444. The number of fused-ring (bicyclic) bond motifs is 1. The average molecular weight is 224 g/mol. The van der Waals surface area contributed by atoms with Crippen molar-refractivity contribution in [3.8, 4) is 6.01 Å². The molecule has 0 unspecified atom stereocenters. The van der Waals surface area contributed by atoms with Gasteiger partial charge in [-0.1, -0.05) is 0 Å². The van der Waals surface area contributed by atoms with E-state index in [-0.39, 0.29) is 0 Å². The van der Waals surface area contributed by atoms with Gasteiger partial charge >= 0.3 is 5.69 Å². The number of H-pyrrole nitrogens is 1. The second-order valence-corrected chi connectivity index (χ2v) is 3.38. The fourth-order valence-corrected chi connectivity index (χ4v) is 1.55. The number of nitrogens with zero attached hydrogens (tertiary/aromatic N) is 3. The van der Waals surface area contributed by atoms with Crippen LogP contribution in [-0.4, -0.2) is 25.7 Å². The van der Waals surface area contributed by atoms with Gasteiger partial charge in [0.1, 0.15) is 0 Å². The van der Waals surface area contributed by atoms with Gasteiger partial charge in [-0.15, -0.1) is 0 Å². The minimum atomic E-state index is -0.487. The van der Waals surface area contributed by atoms with E-state index in [4.69, 9.17) is 4.74 Å². The predicted molar refractivity (Wildman–Crippen MR) is 57.7 cm³/mol. The van der Waals surface area contributed by atoms with Gasteiger partial charge in [-0.25, -0.2) is 4.79 Å². The van der Waals surface area contributed by atoms with Crippen LogP contribution in [0, 0.1) is 0 Å². The van der Waals surface area contributed by atoms with Gasteiger partial charge in [0.15, 0.2) is 11.2 Å². The van der Waals surface area contributed by atoms with Crippen LogP contribution in [0.4, 0.5) is 0 Å². The first-order valence-corrected chi connectivity index (χ1v) is 4.84. The number of hydrogen-bond acceptors (Lipinski definition) is 4. The van der Waals surface area contributed by atoms with Crippen LogP contribution in [0.3, 0.4) is 0 Å². The number of ether oxygens (including phenoxy) is 1. The van der Waals surface area contributed by atoms with Gasteiger partial charge in [0, 0.05) is 14.1 Å². The minimum Gasteiger partial charge on any atom is -0.465 e. The third kappa shape index (κ3) is 1.32. The van der Waals surface area contributed by atoms with Crippen molar-refractivity contribution >= 4 is 11.2 Å². The standard InChI is InChI=1S/C9H12N4O3/c1-4-16-9-10-6-5(12(9)2)7(14)11-8(15)13(6)3/h4H2,1-3H3,(H,11,14,15). The summed E-state index contributed by atoms with van der Waals surface area (Å²) in [7, 11) is 3.21. The zero-order valence-corrected chi connectivity index (χ0v) is 9.27. The quantitative estimate of drug-likeness (QED) is 0.735. The molecule has 0 aromatic carbocycles. The van der Waals surface area contributed by atoms with E-state index in [2.05, 4.69) is 9.97 Å². The molecule has 0 saturated heterocycles. The summed E-state index contributed by atoms with van der Waals surface area (Å²) in [6.07, 6.45) is 0. The van der Waals surface area contributed by atoms with E-state index >= 15 is 0 Å². The zero-order chi connectivity index (χ0) is 11.9. The van der Waals surface area contributed by atoms with Crippen LogP contribution in [0.25, 0.3) is 11.2 Å². The summed E-state index contributed by atoms with van der Waals surface area (Å²) in [6, 6.07) is 0.323. The molecule has 0 saturated carbocycles. The molecule has 2 aromatic rings. The lowest BCUT2D eigenvalue weighted by Gasteiger charge is -2.00. The number of imidazole rings is 1. The molecule has 0 fully saturated rings.